The standard InChI is InChI=1S/C26H26FN7O2/c1-15-7-9-29-24(23(15)27)19-12-22(35)34(14-30-19)21-6-4-5-16(2)26(36)32-20-13-31-33(3)25(20)17-8-10-28-18(21)11-17/h7-14,16,21H,4-6H2,1-3H3,(H,32,36)/t16-,21+/m1/s1. The lowest BCUT2D eigenvalue weighted by Crippen LogP contribution is -2.27. The van der Waals surface area contributed by atoms with Crippen LogP contribution in [0, 0.1) is 18.7 Å². The van der Waals surface area contributed by atoms with Crippen LogP contribution in [0.15, 0.2) is 54.0 Å². The van der Waals surface area contributed by atoms with E-state index in [1.54, 1.807) is 30.1 Å². The van der Waals surface area contributed by atoms with Gasteiger partial charge in [0.1, 0.15) is 5.69 Å². The number of hydrogen-bond donors (Lipinski definition) is 1. The summed E-state index contributed by atoms with van der Waals surface area (Å²) in [7, 11) is 1.81. The Morgan fingerprint density at radius 2 is 1.89 bits per heavy atom. The molecule has 4 aromatic heterocycles. The highest BCUT2D eigenvalue weighted by Crippen LogP contribution is 2.32. The lowest BCUT2D eigenvalue weighted by molar-refractivity contribution is -0.119. The lowest BCUT2D eigenvalue weighted by Gasteiger charge is -2.22. The molecule has 0 fully saturated rings. The van der Waals surface area contributed by atoms with E-state index in [2.05, 4.69) is 25.4 Å². The zero-order valence-electron chi connectivity index (χ0n) is 20.3. The van der Waals surface area contributed by atoms with Gasteiger partial charge in [-0.2, -0.15) is 5.10 Å². The van der Waals surface area contributed by atoms with Crippen molar-refractivity contribution in [2.24, 2.45) is 13.0 Å². The third kappa shape index (κ3) is 4.30. The molecule has 0 saturated carbocycles. The summed E-state index contributed by atoms with van der Waals surface area (Å²) in [5.41, 5.74) is 3.20. The number of nitrogens with zero attached hydrogens (tertiary/aromatic N) is 6. The number of aromatic nitrogens is 6. The molecule has 184 valence electrons. The first-order valence-electron chi connectivity index (χ1n) is 11.8. The Morgan fingerprint density at radius 1 is 1.08 bits per heavy atom. The Morgan fingerprint density at radius 3 is 2.69 bits per heavy atom. The molecular formula is C26H26FN7O2. The summed E-state index contributed by atoms with van der Waals surface area (Å²) < 4.78 is 17.8. The SMILES string of the molecule is Cc1ccnc(-c2cc(=O)n([C@H]3CCC[C@@H](C)C(=O)Nc4cnn(C)c4-c4ccnc3c4)cn2)c1F. The Kier molecular flexibility index (Phi) is 6.17. The van der Waals surface area contributed by atoms with E-state index in [-0.39, 0.29) is 28.8 Å². The van der Waals surface area contributed by atoms with Gasteiger partial charge >= 0.3 is 0 Å². The maximum Gasteiger partial charge on any atom is 0.254 e. The highest BCUT2D eigenvalue weighted by Gasteiger charge is 2.24. The molecule has 5 rings (SSSR count). The summed E-state index contributed by atoms with van der Waals surface area (Å²) in [6.45, 7) is 3.52. The van der Waals surface area contributed by atoms with Crippen molar-refractivity contribution in [2.75, 3.05) is 5.32 Å². The van der Waals surface area contributed by atoms with E-state index in [1.165, 1.54) is 23.2 Å². The molecule has 0 aromatic carbocycles. The Hall–Kier alpha value is -4.21. The van der Waals surface area contributed by atoms with Gasteiger partial charge in [-0.3, -0.25) is 28.8 Å². The maximum atomic E-state index is 14.6. The first kappa shape index (κ1) is 23.5. The number of hydrogen-bond acceptors (Lipinski definition) is 6. The van der Waals surface area contributed by atoms with Crippen molar-refractivity contribution in [1.82, 2.24) is 29.3 Å². The molecule has 1 aliphatic heterocycles. The molecule has 2 atom stereocenters. The molecule has 9 nitrogen and oxygen atoms in total. The zero-order valence-corrected chi connectivity index (χ0v) is 20.3. The summed E-state index contributed by atoms with van der Waals surface area (Å²) in [5.74, 6) is -0.801. The van der Waals surface area contributed by atoms with Crippen LogP contribution in [0.25, 0.3) is 22.6 Å². The van der Waals surface area contributed by atoms with E-state index in [9.17, 15) is 14.0 Å². The van der Waals surface area contributed by atoms with Gasteiger partial charge in [-0.05, 0) is 43.5 Å². The number of amides is 1. The molecule has 1 aliphatic rings. The normalized spacial score (nSPS) is 18.1. The number of fused-ring (bicyclic) bond motifs is 4. The van der Waals surface area contributed by atoms with Crippen LogP contribution < -0.4 is 10.9 Å². The first-order valence-corrected chi connectivity index (χ1v) is 11.8. The van der Waals surface area contributed by atoms with Gasteiger partial charge < -0.3 is 5.32 Å². The second-order valence-corrected chi connectivity index (χ2v) is 9.15. The highest BCUT2D eigenvalue weighted by atomic mass is 19.1. The smallest absolute Gasteiger partial charge is 0.254 e. The molecule has 4 aromatic rings. The van der Waals surface area contributed by atoms with Gasteiger partial charge in [0, 0.05) is 37.0 Å². The average molecular weight is 488 g/mol. The summed E-state index contributed by atoms with van der Waals surface area (Å²) in [4.78, 5) is 39.1. The minimum Gasteiger partial charge on any atom is -0.323 e. The molecule has 2 bridgehead atoms. The molecule has 0 radical (unpaired) electrons. The molecule has 36 heavy (non-hydrogen) atoms. The van der Waals surface area contributed by atoms with Crippen LogP contribution in [0.5, 0.6) is 0 Å². The monoisotopic (exact) mass is 487 g/mol. The van der Waals surface area contributed by atoms with Crippen LogP contribution in [0.2, 0.25) is 0 Å². The molecular weight excluding hydrogens is 461 g/mol. The molecule has 5 heterocycles. The van der Waals surface area contributed by atoms with Crippen molar-refractivity contribution >= 4 is 11.6 Å². The molecule has 0 saturated heterocycles. The van der Waals surface area contributed by atoms with Gasteiger partial charge in [0.05, 0.1) is 41.3 Å². The van der Waals surface area contributed by atoms with E-state index in [0.717, 1.165) is 11.3 Å². The number of carbonyl (C=O) groups excluding carboxylic acids is 1. The Balaban J connectivity index is 1.60. The van der Waals surface area contributed by atoms with Gasteiger partial charge in [-0.25, -0.2) is 9.37 Å². The van der Waals surface area contributed by atoms with Crippen LogP contribution in [-0.4, -0.2) is 35.2 Å². The quantitative estimate of drug-likeness (QED) is 0.460. The van der Waals surface area contributed by atoms with Crippen molar-refractivity contribution in [3.63, 3.8) is 0 Å². The number of aryl methyl sites for hydroxylation is 2. The Bertz CT molecular complexity index is 1510. The fourth-order valence-corrected chi connectivity index (χ4v) is 4.58. The van der Waals surface area contributed by atoms with Gasteiger partial charge in [-0.15, -0.1) is 0 Å². The van der Waals surface area contributed by atoms with E-state index < -0.39 is 11.9 Å². The van der Waals surface area contributed by atoms with Gasteiger partial charge in [0.15, 0.2) is 5.82 Å². The van der Waals surface area contributed by atoms with E-state index in [1.807, 2.05) is 26.1 Å². The second-order valence-electron chi connectivity index (χ2n) is 9.15. The molecule has 0 spiro atoms. The summed E-state index contributed by atoms with van der Waals surface area (Å²) >= 11 is 0. The van der Waals surface area contributed by atoms with Crippen molar-refractivity contribution in [3.8, 4) is 22.6 Å². The van der Waals surface area contributed by atoms with Crippen molar-refractivity contribution in [3.05, 3.63) is 76.6 Å². The van der Waals surface area contributed by atoms with Crippen molar-refractivity contribution < 1.29 is 9.18 Å². The number of rotatable bonds is 2. The van der Waals surface area contributed by atoms with Gasteiger partial charge in [-0.1, -0.05) is 13.3 Å². The fraction of sp³-hybridized carbons (Fsp3) is 0.308. The number of pyridine rings is 2. The predicted molar refractivity (Wildman–Crippen MR) is 133 cm³/mol. The highest BCUT2D eigenvalue weighted by molar-refractivity contribution is 5.95. The Labute approximate surface area is 207 Å². The zero-order chi connectivity index (χ0) is 25.4. The minimum atomic E-state index is -0.498. The van der Waals surface area contributed by atoms with Crippen LogP contribution in [0.1, 0.15) is 43.5 Å². The lowest BCUT2D eigenvalue weighted by atomic mass is 9.97. The number of halogens is 1. The summed E-state index contributed by atoms with van der Waals surface area (Å²) in [6, 6.07) is 6.21. The summed E-state index contributed by atoms with van der Waals surface area (Å²) in [5, 5.41) is 7.32. The average Bonchev–Trinajstić information content (AvgIpc) is 3.23. The van der Waals surface area contributed by atoms with E-state index in [0.29, 0.717) is 36.2 Å². The van der Waals surface area contributed by atoms with Gasteiger partial charge in [0.25, 0.3) is 5.56 Å². The maximum absolute atomic E-state index is 14.6. The summed E-state index contributed by atoms with van der Waals surface area (Å²) in [6.07, 6.45) is 8.14. The van der Waals surface area contributed by atoms with Crippen LogP contribution >= 0.6 is 0 Å². The molecule has 1 amide bonds. The third-order valence-corrected chi connectivity index (χ3v) is 6.65. The van der Waals surface area contributed by atoms with Crippen molar-refractivity contribution in [2.45, 2.75) is 39.2 Å². The van der Waals surface area contributed by atoms with Crippen LogP contribution in [-0.2, 0) is 11.8 Å². The topological polar surface area (TPSA) is 108 Å². The molecule has 10 heteroatoms. The van der Waals surface area contributed by atoms with Crippen LogP contribution in [0.3, 0.4) is 0 Å². The first-order chi connectivity index (χ1) is 17.3. The van der Waals surface area contributed by atoms with Crippen LogP contribution in [0.4, 0.5) is 10.1 Å². The number of carbonyl (C=O) groups is 1. The molecule has 1 N–H and O–H groups in total. The fourth-order valence-electron chi connectivity index (χ4n) is 4.58. The van der Waals surface area contributed by atoms with E-state index in [4.69, 9.17) is 0 Å². The number of anilines is 1. The van der Waals surface area contributed by atoms with Gasteiger partial charge in [0.2, 0.25) is 5.91 Å². The number of nitrogens with one attached hydrogen (secondary N) is 1. The molecule has 0 aliphatic carbocycles. The molecule has 0 unspecified atom stereocenters. The minimum absolute atomic E-state index is 0.0432. The second kappa shape index (κ2) is 9.44. The largest absolute Gasteiger partial charge is 0.323 e. The third-order valence-electron chi connectivity index (χ3n) is 6.65. The van der Waals surface area contributed by atoms with Crippen molar-refractivity contribution in [1.29, 1.82) is 0 Å². The predicted octanol–water partition coefficient (Wildman–Crippen LogP) is 3.90. The van der Waals surface area contributed by atoms with E-state index >= 15 is 0 Å².